The predicted octanol–water partition coefficient (Wildman–Crippen LogP) is 3.14. The van der Waals surface area contributed by atoms with Gasteiger partial charge in [0.2, 0.25) is 5.91 Å². The molecule has 1 heterocycles. The fourth-order valence-electron chi connectivity index (χ4n) is 2.69. The number of aryl methyl sites for hydroxylation is 1. The maximum Gasteiger partial charge on any atom is 0.262 e. The lowest BCUT2D eigenvalue weighted by molar-refractivity contribution is -0.118. The lowest BCUT2D eigenvalue weighted by Gasteiger charge is -2.20. The van der Waals surface area contributed by atoms with Gasteiger partial charge in [-0.25, -0.2) is 0 Å². The zero-order chi connectivity index (χ0) is 16.9. The van der Waals surface area contributed by atoms with Gasteiger partial charge in [0.25, 0.3) is 5.91 Å². The quantitative estimate of drug-likeness (QED) is 0.919. The topological polar surface area (TPSA) is 58.6 Å². The summed E-state index contributed by atoms with van der Waals surface area (Å²) in [5.41, 5.74) is 2.50. The maximum atomic E-state index is 12.2. The van der Waals surface area contributed by atoms with Gasteiger partial charge in [-0.1, -0.05) is 29.8 Å². The van der Waals surface area contributed by atoms with E-state index in [0.29, 0.717) is 24.4 Å². The lowest BCUT2D eigenvalue weighted by Crippen LogP contribution is -2.26. The van der Waals surface area contributed by atoms with E-state index in [0.717, 1.165) is 17.7 Å². The summed E-state index contributed by atoms with van der Waals surface area (Å²) >= 11 is 0. The van der Waals surface area contributed by atoms with Crippen LogP contribution in [0.3, 0.4) is 0 Å². The number of nitrogens with zero attached hydrogens (tertiary/aromatic N) is 1. The summed E-state index contributed by atoms with van der Waals surface area (Å²) in [7, 11) is 0. The summed E-state index contributed by atoms with van der Waals surface area (Å²) < 4.78 is 5.49. The molecular formula is C19H20N2O3. The van der Waals surface area contributed by atoms with Crippen LogP contribution in [0.25, 0.3) is 0 Å². The zero-order valence-corrected chi connectivity index (χ0v) is 13.6. The number of para-hydroxylation sites is 2. The Balaban J connectivity index is 1.64. The van der Waals surface area contributed by atoms with Gasteiger partial charge in [0, 0.05) is 13.0 Å². The Labute approximate surface area is 141 Å². The van der Waals surface area contributed by atoms with Crippen molar-refractivity contribution in [1.82, 2.24) is 0 Å². The minimum absolute atomic E-state index is 0.0780. The predicted molar refractivity (Wildman–Crippen MR) is 93.3 cm³/mol. The molecular weight excluding hydrogens is 304 g/mol. The van der Waals surface area contributed by atoms with E-state index in [9.17, 15) is 9.59 Å². The Hall–Kier alpha value is -2.82. The van der Waals surface area contributed by atoms with Gasteiger partial charge in [0.15, 0.2) is 6.61 Å². The van der Waals surface area contributed by atoms with Crippen LogP contribution in [-0.2, 0) is 9.59 Å². The Bertz CT molecular complexity index is 741. The molecule has 3 rings (SSSR count). The summed E-state index contributed by atoms with van der Waals surface area (Å²) in [5.74, 6) is 0.487. The molecule has 0 aliphatic carbocycles. The highest BCUT2D eigenvalue weighted by Crippen LogP contribution is 2.29. The van der Waals surface area contributed by atoms with Crippen LogP contribution in [-0.4, -0.2) is 25.0 Å². The molecule has 0 saturated carbocycles. The summed E-state index contributed by atoms with van der Waals surface area (Å²) in [5, 5.41) is 2.83. The Kier molecular flexibility index (Phi) is 4.79. The first-order chi connectivity index (χ1) is 11.6. The van der Waals surface area contributed by atoms with E-state index < -0.39 is 0 Å². The molecule has 1 aliphatic heterocycles. The third-order valence-electron chi connectivity index (χ3n) is 3.93. The second-order valence-corrected chi connectivity index (χ2v) is 5.82. The monoisotopic (exact) mass is 324 g/mol. The average molecular weight is 324 g/mol. The fourth-order valence-corrected chi connectivity index (χ4v) is 2.69. The molecule has 5 heteroatoms. The molecule has 2 amide bonds. The van der Waals surface area contributed by atoms with Crippen molar-refractivity contribution in [2.45, 2.75) is 19.8 Å². The number of rotatable bonds is 5. The van der Waals surface area contributed by atoms with E-state index >= 15 is 0 Å². The lowest BCUT2D eigenvalue weighted by atomic mass is 10.2. The van der Waals surface area contributed by atoms with Crippen LogP contribution in [0, 0.1) is 6.92 Å². The Morgan fingerprint density at radius 3 is 2.62 bits per heavy atom. The molecule has 0 bridgehead atoms. The maximum absolute atomic E-state index is 12.2. The van der Waals surface area contributed by atoms with Crippen LogP contribution < -0.4 is 15.0 Å². The number of ether oxygens (including phenoxy) is 1. The number of amides is 2. The zero-order valence-electron chi connectivity index (χ0n) is 13.6. The number of carbonyl (C=O) groups is 2. The summed E-state index contributed by atoms with van der Waals surface area (Å²) in [4.78, 5) is 25.8. The molecule has 124 valence electrons. The van der Waals surface area contributed by atoms with Crippen molar-refractivity contribution >= 4 is 23.2 Å². The average Bonchev–Trinajstić information content (AvgIpc) is 3.01. The fraction of sp³-hybridized carbons (Fsp3) is 0.263. The molecule has 0 atom stereocenters. The third-order valence-corrected chi connectivity index (χ3v) is 3.93. The van der Waals surface area contributed by atoms with Gasteiger partial charge in [-0.05, 0) is 37.6 Å². The van der Waals surface area contributed by atoms with E-state index in [1.165, 1.54) is 0 Å². The van der Waals surface area contributed by atoms with Crippen molar-refractivity contribution in [2.75, 3.05) is 23.4 Å². The molecule has 2 aromatic carbocycles. The van der Waals surface area contributed by atoms with E-state index in [-0.39, 0.29) is 18.4 Å². The van der Waals surface area contributed by atoms with E-state index in [2.05, 4.69) is 5.32 Å². The Morgan fingerprint density at radius 1 is 1.17 bits per heavy atom. The molecule has 0 aromatic heterocycles. The second kappa shape index (κ2) is 7.17. The van der Waals surface area contributed by atoms with Crippen LogP contribution in [0.15, 0.2) is 48.5 Å². The van der Waals surface area contributed by atoms with Crippen LogP contribution >= 0.6 is 0 Å². The number of hydrogen-bond acceptors (Lipinski definition) is 3. The molecule has 5 nitrogen and oxygen atoms in total. The van der Waals surface area contributed by atoms with Gasteiger partial charge in [-0.15, -0.1) is 0 Å². The first-order valence-corrected chi connectivity index (χ1v) is 8.02. The highest BCUT2D eigenvalue weighted by molar-refractivity contribution is 6.02. The molecule has 1 fully saturated rings. The van der Waals surface area contributed by atoms with Crippen molar-refractivity contribution < 1.29 is 14.3 Å². The smallest absolute Gasteiger partial charge is 0.262 e. The SMILES string of the molecule is Cc1ccc(OCC(=O)Nc2ccccc2N2CCCC2=O)cc1. The van der Waals surface area contributed by atoms with E-state index in [4.69, 9.17) is 4.74 Å². The molecule has 1 N–H and O–H groups in total. The highest BCUT2D eigenvalue weighted by Gasteiger charge is 2.24. The molecule has 0 radical (unpaired) electrons. The molecule has 1 aliphatic rings. The third kappa shape index (κ3) is 3.74. The van der Waals surface area contributed by atoms with Gasteiger partial charge < -0.3 is 15.0 Å². The van der Waals surface area contributed by atoms with E-state index in [1.54, 1.807) is 11.0 Å². The molecule has 0 spiro atoms. The van der Waals surface area contributed by atoms with Gasteiger partial charge in [0.05, 0.1) is 11.4 Å². The van der Waals surface area contributed by atoms with Crippen molar-refractivity contribution in [1.29, 1.82) is 0 Å². The first-order valence-electron chi connectivity index (χ1n) is 8.02. The summed E-state index contributed by atoms with van der Waals surface area (Å²) in [6.45, 7) is 2.60. The molecule has 2 aromatic rings. The van der Waals surface area contributed by atoms with Crippen molar-refractivity contribution in [3.63, 3.8) is 0 Å². The van der Waals surface area contributed by atoms with Gasteiger partial charge in [-0.3, -0.25) is 9.59 Å². The van der Waals surface area contributed by atoms with Crippen molar-refractivity contribution in [3.8, 4) is 5.75 Å². The summed E-state index contributed by atoms with van der Waals surface area (Å²) in [6, 6.07) is 14.9. The van der Waals surface area contributed by atoms with Crippen LogP contribution in [0.5, 0.6) is 5.75 Å². The summed E-state index contributed by atoms with van der Waals surface area (Å²) in [6.07, 6.45) is 1.40. The molecule has 24 heavy (non-hydrogen) atoms. The van der Waals surface area contributed by atoms with Crippen molar-refractivity contribution in [2.24, 2.45) is 0 Å². The Morgan fingerprint density at radius 2 is 1.92 bits per heavy atom. The normalized spacial score (nSPS) is 13.9. The van der Waals surface area contributed by atoms with Crippen LogP contribution in [0.1, 0.15) is 18.4 Å². The number of carbonyl (C=O) groups excluding carboxylic acids is 2. The van der Waals surface area contributed by atoms with Crippen molar-refractivity contribution in [3.05, 3.63) is 54.1 Å². The van der Waals surface area contributed by atoms with E-state index in [1.807, 2.05) is 49.4 Å². The van der Waals surface area contributed by atoms with Crippen LogP contribution in [0.4, 0.5) is 11.4 Å². The number of benzene rings is 2. The largest absolute Gasteiger partial charge is 0.484 e. The van der Waals surface area contributed by atoms with Gasteiger partial charge in [0.1, 0.15) is 5.75 Å². The van der Waals surface area contributed by atoms with Gasteiger partial charge in [-0.2, -0.15) is 0 Å². The van der Waals surface area contributed by atoms with Crippen LogP contribution in [0.2, 0.25) is 0 Å². The highest BCUT2D eigenvalue weighted by atomic mass is 16.5. The number of nitrogens with one attached hydrogen (secondary N) is 1. The minimum Gasteiger partial charge on any atom is -0.484 e. The number of hydrogen-bond donors (Lipinski definition) is 1. The number of anilines is 2. The minimum atomic E-state index is -0.255. The first kappa shape index (κ1) is 16.1. The second-order valence-electron chi connectivity index (χ2n) is 5.82. The standard InChI is InChI=1S/C19H20N2O3/c1-14-8-10-15(11-9-14)24-13-18(22)20-16-5-2-3-6-17(16)21-12-4-7-19(21)23/h2-3,5-6,8-11H,4,7,12-13H2,1H3,(H,20,22). The van der Waals surface area contributed by atoms with Gasteiger partial charge >= 0.3 is 0 Å². The molecule has 0 unspecified atom stereocenters. The molecule has 1 saturated heterocycles.